The molecule has 3 aromatic heterocycles. The molecule has 4 aromatic rings. The number of hydrogen-bond donors (Lipinski definition) is 1. The van der Waals surface area contributed by atoms with Gasteiger partial charge in [-0.15, -0.1) is 0 Å². The van der Waals surface area contributed by atoms with Gasteiger partial charge in [-0.05, 0) is 36.8 Å². The summed E-state index contributed by atoms with van der Waals surface area (Å²) in [6, 6.07) is 8.71. The Morgan fingerprint density at radius 1 is 1.00 bits per heavy atom. The van der Waals surface area contributed by atoms with Crippen molar-refractivity contribution in [3.05, 3.63) is 60.4 Å². The SMILES string of the molecule is CC(c1ccc(-c2cnc(N)nc2)cc1)(c1noc(-c2cnn(C3COC3)c2)n1)C1CC1. The molecule has 1 aliphatic carbocycles. The molecule has 9 heteroatoms. The van der Waals surface area contributed by atoms with Gasteiger partial charge in [-0.25, -0.2) is 9.97 Å². The zero-order valence-corrected chi connectivity index (χ0v) is 17.7. The normalized spacial score (nSPS) is 18.3. The molecule has 2 N–H and O–H groups in total. The van der Waals surface area contributed by atoms with E-state index in [4.69, 9.17) is 20.0 Å². The van der Waals surface area contributed by atoms with E-state index in [1.807, 2.05) is 10.9 Å². The molecule has 0 amide bonds. The first-order chi connectivity index (χ1) is 15.6. The smallest absolute Gasteiger partial charge is 0.261 e. The highest BCUT2D eigenvalue weighted by Crippen LogP contribution is 2.50. The Hall–Kier alpha value is -3.59. The second kappa shape index (κ2) is 7.23. The van der Waals surface area contributed by atoms with Crippen molar-refractivity contribution in [2.24, 2.45) is 5.92 Å². The van der Waals surface area contributed by atoms with E-state index < -0.39 is 0 Å². The average Bonchev–Trinajstić information content (AvgIpc) is 3.33. The predicted molar refractivity (Wildman–Crippen MR) is 116 cm³/mol. The largest absolute Gasteiger partial charge is 0.377 e. The third-order valence-electron chi connectivity index (χ3n) is 6.62. The minimum Gasteiger partial charge on any atom is -0.377 e. The maximum absolute atomic E-state index is 5.67. The highest BCUT2D eigenvalue weighted by Gasteiger charge is 2.47. The predicted octanol–water partition coefficient (Wildman–Crippen LogP) is 3.26. The molecule has 0 spiro atoms. The van der Waals surface area contributed by atoms with E-state index in [0.29, 0.717) is 30.8 Å². The van der Waals surface area contributed by atoms with Crippen molar-refractivity contribution in [2.45, 2.75) is 31.2 Å². The zero-order chi connectivity index (χ0) is 21.7. The number of nitrogens with zero attached hydrogens (tertiary/aromatic N) is 6. The summed E-state index contributed by atoms with van der Waals surface area (Å²) >= 11 is 0. The zero-order valence-electron chi connectivity index (χ0n) is 17.7. The van der Waals surface area contributed by atoms with E-state index in [1.165, 1.54) is 0 Å². The summed E-state index contributed by atoms with van der Waals surface area (Å²) in [6.07, 6.45) is 9.48. The summed E-state index contributed by atoms with van der Waals surface area (Å²) < 4.78 is 12.8. The summed E-state index contributed by atoms with van der Waals surface area (Å²) in [7, 11) is 0. The molecule has 1 aliphatic heterocycles. The number of anilines is 1. The van der Waals surface area contributed by atoms with E-state index >= 15 is 0 Å². The molecular formula is C23H23N7O2. The van der Waals surface area contributed by atoms with Crippen LogP contribution in [0, 0.1) is 5.92 Å². The van der Waals surface area contributed by atoms with Gasteiger partial charge in [0.2, 0.25) is 5.95 Å². The standard InChI is InChI=1S/C23H23N7O2/c1-23(18-6-7-18,17-4-2-14(3-5-17)15-8-25-22(24)26-9-15)21-28-20(32-29-21)16-10-27-30(11-16)19-12-31-13-19/h2-5,8-11,18-19H,6-7,12-13H2,1H3,(H2,24,25,26). The van der Waals surface area contributed by atoms with Crippen molar-refractivity contribution in [3.8, 4) is 22.6 Å². The average molecular weight is 429 g/mol. The minimum atomic E-state index is -0.324. The Labute approximate surface area is 184 Å². The Balaban J connectivity index is 1.31. The summed E-state index contributed by atoms with van der Waals surface area (Å²) in [5, 5.41) is 8.83. The van der Waals surface area contributed by atoms with Crippen molar-refractivity contribution in [1.82, 2.24) is 29.9 Å². The summed E-state index contributed by atoms with van der Waals surface area (Å²) in [4.78, 5) is 13.0. The molecular weight excluding hydrogens is 406 g/mol. The van der Waals surface area contributed by atoms with Crippen LogP contribution in [0.25, 0.3) is 22.6 Å². The molecule has 32 heavy (non-hydrogen) atoms. The maximum Gasteiger partial charge on any atom is 0.261 e. The topological polar surface area (TPSA) is 118 Å². The van der Waals surface area contributed by atoms with Crippen molar-refractivity contribution in [2.75, 3.05) is 18.9 Å². The molecule has 9 nitrogen and oxygen atoms in total. The monoisotopic (exact) mass is 429 g/mol. The van der Waals surface area contributed by atoms with Gasteiger partial charge in [0.15, 0.2) is 5.82 Å². The second-order valence-corrected chi connectivity index (χ2v) is 8.71. The lowest BCUT2D eigenvalue weighted by molar-refractivity contribution is -0.0286. The van der Waals surface area contributed by atoms with Crippen LogP contribution in [-0.2, 0) is 10.2 Å². The van der Waals surface area contributed by atoms with Gasteiger partial charge in [-0.3, -0.25) is 4.68 Å². The van der Waals surface area contributed by atoms with Crippen molar-refractivity contribution in [1.29, 1.82) is 0 Å². The number of hydrogen-bond acceptors (Lipinski definition) is 8. The third kappa shape index (κ3) is 3.16. The van der Waals surface area contributed by atoms with E-state index in [9.17, 15) is 0 Å². The molecule has 1 unspecified atom stereocenters. The van der Waals surface area contributed by atoms with Crippen LogP contribution in [0.4, 0.5) is 5.95 Å². The van der Waals surface area contributed by atoms with Gasteiger partial charge in [0, 0.05) is 24.2 Å². The lowest BCUT2D eigenvalue weighted by Crippen LogP contribution is -2.30. The van der Waals surface area contributed by atoms with Crippen LogP contribution in [0.15, 0.2) is 53.6 Å². The van der Waals surface area contributed by atoms with Gasteiger partial charge in [0.1, 0.15) is 0 Å². The first-order valence-corrected chi connectivity index (χ1v) is 10.8. The number of nitrogen functional groups attached to an aromatic ring is 1. The molecule has 1 aromatic carbocycles. The summed E-state index contributed by atoms with van der Waals surface area (Å²) in [5.74, 6) is 1.95. The Kier molecular flexibility index (Phi) is 4.32. The Bertz CT molecular complexity index is 1240. The summed E-state index contributed by atoms with van der Waals surface area (Å²) in [6.45, 7) is 3.58. The first kappa shape index (κ1) is 19.1. The number of benzene rings is 1. The van der Waals surface area contributed by atoms with Gasteiger partial charge < -0.3 is 15.0 Å². The van der Waals surface area contributed by atoms with Crippen molar-refractivity contribution < 1.29 is 9.26 Å². The molecule has 4 heterocycles. The van der Waals surface area contributed by atoms with E-state index in [-0.39, 0.29) is 17.4 Å². The fourth-order valence-electron chi connectivity index (χ4n) is 4.28. The van der Waals surface area contributed by atoms with Crippen LogP contribution >= 0.6 is 0 Å². The van der Waals surface area contributed by atoms with E-state index in [1.54, 1.807) is 18.6 Å². The van der Waals surface area contributed by atoms with Crippen LogP contribution in [0.5, 0.6) is 0 Å². The Morgan fingerprint density at radius 2 is 1.75 bits per heavy atom. The number of ether oxygens (including phenoxy) is 1. The molecule has 6 rings (SSSR count). The molecule has 162 valence electrons. The number of rotatable bonds is 6. The molecule has 1 saturated carbocycles. The number of nitrogens with two attached hydrogens (primary N) is 1. The Morgan fingerprint density at radius 3 is 2.41 bits per heavy atom. The molecule has 1 atom stereocenters. The minimum absolute atomic E-state index is 0.270. The maximum atomic E-state index is 5.67. The lowest BCUT2D eigenvalue weighted by Gasteiger charge is -2.27. The van der Waals surface area contributed by atoms with Crippen LogP contribution in [0.2, 0.25) is 0 Å². The van der Waals surface area contributed by atoms with E-state index in [2.05, 4.69) is 51.4 Å². The van der Waals surface area contributed by atoms with Crippen molar-refractivity contribution >= 4 is 5.95 Å². The van der Waals surface area contributed by atoms with Crippen molar-refractivity contribution in [3.63, 3.8) is 0 Å². The molecule has 2 aliphatic rings. The van der Waals surface area contributed by atoms with Crippen LogP contribution in [0.3, 0.4) is 0 Å². The quantitative estimate of drug-likeness (QED) is 0.496. The second-order valence-electron chi connectivity index (χ2n) is 8.71. The van der Waals surface area contributed by atoms with E-state index in [0.717, 1.165) is 35.1 Å². The molecule has 1 saturated heterocycles. The van der Waals surface area contributed by atoms with Gasteiger partial charge in [0.05, 0.1) is 36.4 Å². The summed E-state index contributed by atoms with van der Waals surface area (Å²) in [5.41, 5.74) is 9.23. The molecule has 2 fully saturated rings. The highest BCUT2D eigenvalue weighted by molar-refractivity contribution is 5.63. The molecule has 0 radical (unpaired) electrons. The fraction of sp³-hybridized carbons (Fsp3) is 0.348. The van der Waals surface area contributed by atoms with Gasteiger partial charge in [0.25, 0.3) is 5.89 Å². The first-order valence-electron chi connectivity index (χ1n) is 10.8. The lowest BCUT2D eigenvalue weighted by atomic mass is 9.77. The number of aromatic nitrogens is 6. The fourth-order valence-corrected chi connectivity index (χ4v) is 4.28. The van der Waals surface area contributed by atoms with Crippen LogP contribution in [-0.4, -0.2) is 43.1 Å². The van der Waals surface area contributed by atoms with Gasteiger partial charge >= 0.3 is 0 Å². The van der Waals surface area contributed by atoms with Gasteiger partial charge in [-0.1, -0.05) is 29.4 Å². The van der Waals surface area contributed by atoms with Crippen LogP contribution in [0.1, 0.15) is 37.2 Å². The highest BCUT2D eigenvalue weighted by atomic mass is 16.5. The third-order valence-corrected chi connectivity index (χ3v) is 6.62. The molecule has 0 bridgehead atoms. The van der Waals surface area contributed by atoms with Crippen LogP contribution < -0.4 is 5.73 Å². The van der Waals surface area contributed by atoms with Gasteiger partial charge in [-0.2, -0.15) is 10.1 Å².